The van der Waals surface area contributed by atoms with Crippen LogP contribution in [0.3, 0.4) is 0 Å². The van der Waals surface area contributed by atoms with Gasteiger partial charge in [0.1, 0.15) is 16.9 Å². The van der Waals surface area contributed by atoms with Crippen LogP contribution >= 0.6 is 0 Å². The van der Waals surface area contributed by atoms with Crippen molar-refractivity contribution in [1.82, 2.24) is 24.6 Å². The molecular weight excluding hydrogens is 340 g/mol. The van der Waals surface area contributed by atoms with E-state index in [9.17, 15) is 4.79 Å². The van der Waals surface area contributed by atoms with Crippen LogP contribution < -0.4 is 4.90 Å². The van der Waals surface area contributed by atoms with Crippen molar-refractivity contribution in [3.8, 4) is 0 Å². The summed E-state index contributed by atoms with van der Waals surface area (Å²) in [5.41, 5.74) is 3.55. The maximum atomic E-state index is 12.7. The molecule has 1 fully saturated rings. The highest BCUT2D eigenvalue weighted by atomic mass is 16.2. The van der Waals surface area contributed by atoms with Gasteiger partial charge in [0.15, 0.2) is 5.82 Å². The minimum atomic E-state index is 0.0914. The number of fused-ring (bicyclic) bond motifs is 1. The number of carbonyl (C=O) groups is 1. The second-order valence-corrected chi connectivity index (χ2v) is 6.87. The van der Waals surface area contributed by atoms with Gasteiger partial charge in [0.05, 0.1) is 5.69 Å². The fourth-order valence-electron chi connectivity index (χ4n) is 3.62. The molecule has 1 aliphatic heterocycles. The molecule has 1 saturated heterocycles. The third-order valence-electron chi connectivity index (χ3n) is 5.08. The van der Waals surface area contributed by atoms with Crippen LogP contribution in [0.4, 0.5) is 5.82 Å². The lowest BCUT2D eigenvalue weighted by Crippen LogP contribution is -2.49. The van der Waals surface area contributed by atoms with Gasteiger partial charge in [-0.1, -0.05) is 25.1 Å². The number of hydrogen-bond donors (Lipinski definition) is 0. The number of anilines is 1. The Morgan fingerprint density at radius 3 is 2.44 bits per heavy atom. The molecule has 0 aliphatic carbocycles. The Hall–Kier alpha value is -2.96. The standard InChI is InChI=1S/C20H24N6O/c1-4-16-21-17-14(2)23-24(3)18(17)19(22-16)25-10-12-26(13-11-25)20(27)15-8-6-5-7-9-15/h5-9H,4,10-13H2,1-3H3. The Kier molecular flexibility index (Phi) is 4.51. The number of amides is 1. The molecule has 7 nitrogen and oxygen atoms in total. The molecule has 1 amide bonds. The summed E-state index contributed by atoms with van der Waals surface area (Å²) in [4.78, 5) is 26.3. The van der Waals surface area contributed by atoms with E-state index in [1.54, 1.807) is 0 Å². The van der Waals surface area contributed by atoms with Crippen LogP contribution in [-0.2, 0) is 13.5 Å². The summed E-state index contributed by atoms with van der Waals surface area (Å²) >= 11 is 0. The molecule has 3 aromatic rings. The molecule has 0 N–H and O–H groups in total. The van der Waals surface area contributed by atoms with Crippen LogP contribution in [0.25, 0.3) is 11.0 Å². The largest absolute Gasteiger partial charge is 0.351 e. The van der Waals surface area contributed by atoms with Crippen molar-refractivity contribution in [3.63, 3.8) is 0 Å². The Morgan fingerprint density at radius 2 is 1.78 bits per heavy atom. The summed E-state index contributed by atoms with van der Waals surface area (Å²) in [6.45, 7) is 6.90. The normalized spacial score (nSPS) is 14.8. The molecule has 27 heavy (non-hydrogen) atoms. The van der Waals surface area contributed by atoms with E-state index in [-0.39, 0.29) is 5.91 Å². The zero-order valence-electron chi connectivity index (χ0n) is 16.0. The monoisotopic (exact) mass is 364 g/mol. The van der Waals surface area contributed by atoms with Crippen molar-refractivity contribution < 1.29 is 4.79 Å². The number of aromatic nitrogens is 4. The molecule has 4 rings (SSSR count). The van der Waals surface area contributed by atoms with Crippen LogP contribution in [0.5, 0.6) is 0 Å². The van der Waals surface area contributed by atoms with Gasteiger partial charge < -0.3 is 9.80 Å². The van der Waals surface area contributed by atoms with Crippen LogP contribution in [0.15, 0.2) is 30.3 Å². The van der Waals surface area contributed by atoms with Gasteiger partial charge >= 0.3 is 0 Å². The van der Waals surface area contributed by atoms with Crippen LogP contribution in [0.2, 0.25) is 0 Å². The molecule has 140 valence electrons. The average Bonchev–Trinajstić information content (AvgIpc) is 3.01. The lowest BCUT2D eigenvalue weighted by molar-refractivity contribution is 0.0746. The first-order valence-corrected chi connectivity index (χ1v) is 9.38. The molecule has 0 radical (unpaired) electrons. The number of nitrogens with zero attached hydrogens (tertiary/aromatic N) is 6. The Bertz CT molecular complexity index is 973. The lowest BCUT2D eigenvalue weighted by atomic mass is 10.2. The molecule has 0 bridgehead atoms. The summed E-state index contributed by atoms with van der Waals surface area (Å²) in [7, 11) is 1.93. The fraction of sp³-hybridized carbons (Fsp3) is 0.400. The third-order valence-corrected chi connectivity index (χ3v) is 5.08. The van der Waals surface area contributed by atoms with E-state index in [1.165, 1.54) is 0 Å². The van der Waals surface area contributed by atoms with E-state index < -0.39 is 0 Å². The molecular formula is C20H24N6O. The van der Waals surface area contributed by atoms with Crippen molar-refractivity contribution >= 4 is 22.8 Å². The molecule has 1 aliphatic rings. The molecule has 2 aromatic heterocycles. The number of benzene rings is 1. The first-order valence-electron chi connectivity index (χ1n) is 9.38. The van der Waals surface area contributed by atoms with Gasteiger partial charge in [0.25, 0.3) is 5.91 Å². The molecule has 0 spiro atoms. The summed E-state index contributed by atoms with van der Waals surface area (Å²) in [6, 6.07) is 9.47. The minimum absolute atomic E-state index is 0.0914. The van der Waals surface area contributed by atoms with Crippen molar-refractivity contribution in [2.24, 2.45) is 7.05 Å². The number of piperazine rings is 1. The third kappa shape index (κ3) is 3.13. The number of aryl methyl sites for hydroxylation is 3. The van der Waals surface area contributed by atoms with Gasteiger partial charge in [-0.15, -0.1) is 0 Å². The number of rotatable bonds is 3. The van der Waals surface area contributed by atoms with E-state index in [0.29, 0.717) is 13.1 Å². The molecule has 7 heteroatoms. The van der Waals surface area contributed by atoms with Gasteiger partial charge in [-0.05, 0) is 19.1 Å². The van der Waals surface area contributed by atoms with E-state index in [1.807, 2.05) is 53.9 Å². The highest BCUT2D eigenvalue weighted by molar-refractivity contribution is 5.94. The minimum Gasteiger partial charge on any atom is -0.351 e. The number of hydrogen-bond acceptors (Lipinski definition) is 5. The van der Waals surface area contributed by atoms with Gasteiger partial charge in [0.2, 0.25) is 0 Å². The maximum absolute atomic E-state index is 12.7. The molecule has 0 atom stereocenters. The fourth-order valence-corrected chi connectivity index (χ4v) is 3.62. The predicted molar refractivity (Wildman–Crippen MR) is 105 cm³/mol. The topological polar surface area (TPSA) is 67.2 Å². The summed E-state index contributed by atoms with van der Waals surface area (Å²) in [5.74, 6) is 1.84. The van der Waals surface area contributed by atoms with Crippen LogP contribution in [-0.4, -0.2) is 56.7 Å². The lowest BCUT2D eigenvalue weighted by Gasteiger charge is -2.35. The van der Waals surface area contributed by atoms with Gasteiger partial charge in [0, 0.05) is 45.2 Å². The predicted octanol–water partition coefficient (Wildman–Crippen LogP) is 2.20. The maximum Gasteiger partial charge on any atom is 0.253 e. The van der Waals surface area contributed by atoms with Gasteiger partial charge in [-0.25, -0.2) is 9.97 Å². The highest BCUT2D eigenvalue weighted by Crippen LogP contribution is 2.27. The molecule has 1 aromatic carbocycles. The van der Waals surface area contributed by atoms with E-state index in [4.69, 9.17) is 4.98 Å². The first kappa shape index (κ1) is 17.5. The summed E-state index contributed by atoms with van der Waals surface area (Å²) in [5, 5.41) is 4.53. The first-order chi connectivity index (χ1) is 13.1. The number of carbonyl (C=O) groups excluding carboxylic acids is 1. The molecule has 0 unspecified atom stereocenters. The average molecular weight is 364 g/mol. The van der Waals surface area contributed by atoms with Crippen molar-refractivity contribution in [3.05, 3.63) is 47.4 Å². The zero-order chi connectivity index (χ0) is 19.0. The summed E-state index contributed by atoms with van der Waals surface area (Å²) < 4.78 is 1.86. The molecule has 3 heterocycles. The van der Waals surface area contributed by atoms with Gasteiger partial charge in [-0.2, -0.15) is 5.10 Å². The van der Waals surface area contributed by atoms with E-state index in [2.05, 4.69) is 21.9 Å². The summed E-state index contributed by atoms with van der Waals surface area (Å²) in [6.07, 6.45) is 0.781. The molecule has 0 saturated carbocycles. The smallest absolute Gasteiger partial charge is 0.253 e. The van der Waals surface area contributed by atoms with Gasteiger partial charge in [-0.3, -0.25) is 9.48 Å². The van der Waals surface area contributed by atoms with Crippen molar-refractivity contribution in [2.45, 2.75) is 20.3 Å². The Morgan fingerprint density at radius 1 is 1.07 bits per heavy atom. The second kappa shape index (κ2) is 6.98. The zero-order valence-corrected chi connectivity index (χ0v) is 16.0. The Balaban J connectivity index is 1.59. The van der Waals surface area contributed by atoms with Crippen molar-refractivity contribution in [1.29, 1.82) is 0 Å². The van der Waals surface area contributed by atoms with E-state index >= 15 is 0 Å². The van der Waals surface area contributed by atoms with E-state index in [0.717, 1.165) is 53.4 Å². The second-order valence-electron chi connectivity index (χ2n) is 6.87. The van der Waals surface area contributed by atoms with Crippen LogP contribution in [0, 0.1) is 6.92 Å². The van der Waals surface area contributed by atoms with Crippen LogP contribution in [0.1, 0.15) is 28.8 Å². The van der Waals surface area contributed by atoms with Crippen molar-refractivity contribution in [2.75, 3.05) is 31.1 Å². The highest BCUT2D eigenvalue weighted by Gasteiger charge is 2.26. The quantitative estimate of drug-likeness (QED) is 0.713. The SMILES string of the molecule is CCc1nc(N2CCN(C(=O)c3ccccc3)CC2)c2c(n1)c(C)nn2C. The Labute approximate surface area is 158 Å².